The molecule has 9 nitrogen and oxygen atoms in total. The first-order valence-corrected chi connectivity index (χ1v) is 14.1. The number of carboxylic acids is 1. The summed E-state index contributed by atoms with van der Waals surface area (Å²) in [7, 11) is 0. The Morgan fingerprint density at radius 2 is 1.93 bits per heavy atom. The van der Waals surface area contributed by atoms with Crippen LogP contribution in [0.3, 0.4) is 0 Å². The summed E-state index contributed by atoms with van der Waals surface area (Å²) in [6, 6.07) is 6.10. The van der Waals surface area contributed by atoms with Gasteiger partial charge in [0.15, 0.2) is 0 Å². The number of benzene rings is 1. The number of hydrogen-bond donors (Lipinski definition) is 3. The van der Waals surface area contributed by atoms with E-state index in [9.17, 15) is 14.7 Å². The number of pyridine rings is 1. The molecule has 3 N–H and O–H groups in total. The molecule has 0 saturated carbocycles. The van der Waals surface area contributed by atoms with Crippen molar-refractivity contribution in [1.82, 2.24) is 20.1 Å². The van der Waals surface area contributed by atoms with Crippen molar-refractivity contribution in [2.45, 2.75) is 78.2 Å². The molecule has 0 bridgehead atoms. The smallest absolute Gasteiger partial charge is 0.305 e. The number of nitrogens with one attached hydrogen (secondary N) is 2. The maximum Gasteiger partial charge on any atom is 0.305 e. The number of aromatic nitrogens is 3. The van der Waals surface area contributed by atoms with E-state index in [1.807, 2.05) is 27.7 Å². The van der Waals surface area contributed by atoms with Gasteiger partial charge >= 0.3 is 5.97 Å². The average Bonchev–Trinajstić information content (AvgIpc) is 3.27. The van der Waals surface area contributed by atoms with Crippen molar-refractivity contribution in [3.05, 3.63) is 74.1 Å². The van der Waals surface area contributed by atoms with Gasteiger partial charge in [0.2, 0.25) is 0 Å². The number of ether oxygens (including phenoxy) is 1. The number of amides is 1. The van der Waals surface area contributed by atoms with Crippen LogP contribution in [-0.4, -0.2) is 43.9 Å². The van der Waals surface area contributed by atoms with Gasteiger partial charge in [-0.15, -0.1) is 0 Å². The summed E-state index contributed by atoms with van der Waals surface area (Å²) in [5.41, 5.74) is 4.28. The second-order valence-electron chi connectivity index (χ2n) is 11.0. The van der Waals surface area contributed by atoms with Gasteiger partial charge in [-0.05, 0) is 81.8 Å². The minimum Gasteiger partial charge on any atom is -0.481 e. The van der Waals surface area contributed by atoms with E-state index in [4.69, 9.17) is 32.9 Å². The fourth-order valence-corrected chi connectivity index (χ4v) is 5.22. The maximum atomic E-state index is 13.5. The highest BCUT2D eigenvalue weighted by molar-refractivity contribution is 6.34. The monoisotopic (exact) mass is 587 g/mol. The topological polar surface area (TPSA) is 118 Å². The first-order chi connectivity index (χ1) is 18.9. The first-order valence-electron chi connectivity index (χ1n) is 13.3. The number of carbonyl (C=O) groups is 2. The predicted molar refractivity (Wildman–Crippen MR) is 155 cm³/mol. The van der Waals surface area contributed by atoms with Gasteiger partial charge in [-0.25, -0.2) is 4.98 Å². The summed E-state index contributed by atoms with van der Waals surface area (Å²) >= 11 is 12.3. The van der Waals surface area contributed by atoms with Crippen LogP contribution in [0.25, 0.3) is 0 Å². The van der Waals surface area contributed by atoms with Crippen LogP contribution in [0.1, 0.15) is 78.1 Å². The van der Waals surface area contributed by atoms with Crippen molar-refractivity contribution in [1.29, 1.82) is 0 Å². The van der Waals surface area contributed by atoms with Crippen LogP contribution in [0, 0.1) is 6.92 Å². The molecule has 0 spiro atoms. The number of hydrogen-bond acceptors (Lipinski definition) is 6. The molecule has 1 aromatic carbocycles. The lowest BCUT2D eigenvalue weighted by atomic mass is 10.0. The Kier molecular flexibility index (Phi) is 9.38. The molecule has 1 aliphatic heterocycles. The van der Waals surface area contributed by atoms with Gasteiger partial charge in [-0.1, -0.05) is 29.3 Å². The predicted octanol–water partition coefficient (Wildman–Crippen LogP) is 5.76. The van der Waals surface area contributed by atoms with Crippen LogP contribution in [0.15, 0.2) is 30.5 Å². The molecule has 3 aromatic rings. The molecule has 1 aliphatic rings. The van der Waals surface area contributed by atoms with Crippen molar-refractivity contribution < 1.29 is 19.4 Å². The lowest BCUT2D eigenvalue weighted by Crippen LogP contribution is -2.31. The Morgan fingerprint density at radius 1 is 1.20 bits per heavy atom. The molecule has 40 heavy (non-hydrogen) atoms. The van der Waals surface area contributed by atoms with E-state index in [-0.39, 0.29) is 13.0 Å². The number of fused-ring (bicyclic) bond motifs is 1. The molecule has 214 valence electrons. The van der Waals surface area contributed by atoms with Crippen LogP contribution in [0.2, 0.25) is 10.0 Å². The van der Waals surface area contributed by atoms with Gasteiger partial charge in [0.1, 0.15) is 5.82 Å². The van der Waals surface area contributed by atoms with Crippen molar-refractivity contribution in [2.24, 2.45) is 0 Å². The zero-order valence-electron chi connectivity index (χ0n) is 23.2. The van der Waals surface area contributed by atoms with Crippen LogP contribution < -0.4 is 10.6 Å². The van der Waals surface area contributed by atoms with E-state index in [1.54, 1.807) is 22.9 Å². The standard InChI is InChI=1S/C29H35Cl2N5O4/c1-17-18(10-19-6-5-8-32-27(19)34-17)7-9-36-25(16-40-29(2,3)4)23(15-33-36)28(39)35-24(14-26(37)38)20-11-21(30)13-22(31)12-20/h10-13,15,24H,5-9,14,16H2,1-4H3,(H,32,34)(H,35,39)(H,37,38). The number of aliphatic carboxylic acids is 1. The number of carboxylic acid groups (broad SMARTS) is 1. The molecule has 0 aliphatic carbocycles. The van der Waals surface area contributed by atoms with Crippen LogP contribution in [0.4, 0.5) is 5.82 Å². The van der Waals surface area contributed by atoms with Gasteiger partial charge in [0, 0.05) is 28.8 Å². The molecule has 4 rings (SSSR count). The van der Waals surface area contributed by atoms with E-state index in [0.29, 0.717) is 39.8 Å². The van der Waals surface area contributed by atoms with Gasteiger partial charge in [0.25, 0.3) is 5.91 Å². The zero-order valence-corrected chi connectivity index (χ0v) is 24.7. The molecule has 11 heteroatoms. The van der Waals surface area contributed by atoms with Gasteiger partial charge in [0.05, 0.1) is 42.1 Å². The van der Waals surface area contributed by atoms with E-state index in [2.05, 4.69) is 21.8 Å². The number of aryl methyl sites for hydroxylation is 4. The number of halogens is 2. The summed E-state index contributed by atoms with van der Waals surface area (Å²) in [6.07, 6.45) is 3.91. The molecule has 3 heterocycles. The Labute approximate surface area is 244 Å². The van der Waals surface area contributed by atoms with E-state index in [0.717, 1.165) is 36.5 Å². The fraction of sp³-hybridized carbons (Fsp3) is 0.448. The van der Waals surface area contributed by atoms with Crippen LogP contribution in [0.5, 0.6) is 0 Å². The van der Waals surface area contributed by atoms with E-state index >= 15 is 0 Å². The molecule has 0 radical (unpaired) electrons. The minimum absolute atomic E-state index is 0.157. The quantitative estimate of drug-likeness (QED) is 0.276. The minimum atomic E-state index is -1.07. The molecular weight excluding hydrogens is 553 g/mol. The Morgan fingerprint density at radius 3 is 2.60 bits per heavy atom. The number of carbonyl (C=O) groups excluding carboxylic acids is 1. The third-order valence-corrected chi connectivity index (χ3v) is 7.15. The lowest BCUT2D eigenvalue weighted by Gasteiger charge is -2.22. The molecule has 2 aromatic heterocycles. The molecule has 1 unspecified atom stereocenters. The van der Waals surface area contributed by atoms with Gasteiger partial charge in [-0.3, -0.25) is 14.3 Å². The maximum absolute atomic E-state index is 13.5. The second kappa shape index (κ2) is 12.6. The lowest BCUT2D eigenvalue weighted by molar-refractivity contribution is -0.137. The SMILES string of the molecule is Cc1nc2c(cc1CCn1ncc(C(=O)NC(CC(=O)O)c3cc(Cl)cc(Cl)c3)c1COC(C)(C)C)CCCN2. The van der Waals surface area contributed by atoms with Crippen molar-refractivity contribution in [3.8, 4) is 0 Å². The molecule has 1 amide bonds. The number of nitrogens with zero attached hydrogens (tertiary/aromatic N) is 3. The summed E-state index contributed by atoms with van der Waals surface area (Å²) in [5, 5.41) is 20.9. The van der Waals surface area contributed by atoms with Gasteiger partial charge < -0.3 is 20.5 Å². The summed E-state index contributed by atoms with van der Waals surface area (Å²) in [6.45, 7) is 9.44. The molecule has 1 atom stereocenters. The summed E-state index contributed by atoms with van der Waals surface area (Å²) in [4.78, 5) is 29.9. The highest BCUT2D eigenvalue weighted by Gasteiger charge is 2.25. The van der Waals surface area contributed by atoms with E-state index in [1.165, 1.54) is 11.8 Å². The third-order valence-electron chi connectivity index (χ3n) is 6.71. The Bertz CT molecular complexity index is 1380. The van der Waals surface area contributed by atoms with Crippen molar-refractivity contribution in [3.63, 3.8) is 0 Å². The molecule has 0 saturated heterocycles. The summed E-state index contributed by atoms with van der Waals surface area (Å²) in [5.74, 6) is -0.571. The molecule has 0 fully saturated rings. The highest BCUT2D eigenvalue weighted by atomic mass is 35.5. The highest BCUT2D eigenvalue weighted by Crippen LogP contribution is 2.27. The van der Waals surface area contributed by atoms with Gasteiger partial charge in [-0.2, -0.15) is 5.10 Å². The Balaban J connectivity index is 1.59. The van der Waals surface area contributed by atoms with Crippen LogP contribution >= 0.6 is 23.2 Å². The average molecular weight is 589 g/mol. The van der Waals surface area contributed by atoms with Crippen molar-refractivity contribution >= 4 is 40.9 Å². The fourth-order valence-electron chi connectivity index (χ4n) is 4.67. The first kappa shape index (κ1) is 29.8. The van der Waals surface area contributed by atoms with Crippen molar-refractivity contribution in [2.75, 3.05) is 11.9 Å². The zero-order chi connectivity index (χ0) is 29.0. The third kappa shape index (κ3) is 7.74. The number of anilines is 1. The van der Waals surface area contributed by atoms with E-state index < -0.39 is 23.5 Å². The summed E-state index contributed by atoms with van der Waals surface area (Å²) < 4.78 is 7.83. The number of rotatable bonds is 10. The second-order valence-corrected chi connectivity index (χ2v) is 11.8. The van der Waals surface area contributed by atoms with Crippen LogP contribution in [-0.2, 0) is 35.5 Å². The molecular formula is C29H35Cl2N5O4. The largest absolute Gasteiger partial charge is 0.481 e. The normalized spacial score (nSPS) is 13.8. The Hall–Kier alpha value is -3.14.